The van der Waals surface area contributed by atoms with Gasteiger partial charge in [-0.3, -0.25) is 15.1 Å². The number of rotatable bonds is 4. The molecule has 0 saturated carbocycles. The fourth-order valence-electron chi connectivity index (χ4n) is 3.61. The lowest BCUT2D eigenvalue weighted by atomic mass is 10.1. The number of thiophene rings is 1. The quantitative estimate of drug-likeness (QED) is 0.404. The standard InChI is InChI=1S/C22H14FN7OS/c1-31-12-6-11(8-24-9-12)15-7-14-16(10-26-15)29-30-20(14)22-27-19-13(4-5-25-21(19)28-22)17-2-3-18(23)32-17/h2-10H,1H3,(H,29,30)(H,25,27,28). The van der Waals surface area contributed by atoms with Crippen LogP contribution in [-0.2, 0) is 0 Å². The van der Waals surface area contributed by atoms with E-state index in [1.54, 1.807) is 38.0 Å². The van der Waals surface area contributed by atoms with Gasteiger partial charge in [-0.05, 0) is 30.3 Å². The Hall–Kier alpha value is -4.18. The maximum Gasteiger partial charge on any atom is 0.176 e. The molecular weight excluding hydrogens is 429 g/mol. The number of aromatic amines is 2. The third-order valence-corrected chi connectivity index (χ3v) is 6.05. The Balaban J connectivity index is 1.49. The second-order valence-corrected chi connectivity index (χ2v) is 8.08. The zero-order chi connectivity index (χ0) is 21.7. The maximum atomic E-state index is 13.6. The summed E-state index contributed by atoms with van der Waals surface area (Å²) in [7, 11) is 1.60. The lowest BCUT2D eigenvalue weighted by Gasteiger charge is -2.03. The van der Waals surface area contributed by atoms with Crippen LogP contribution in [0.5, 0.6) is 5.75 Å². The molecule has 0 atom stereocenters. The summed E-state index contributed by atoms with van der Waals surface area (Å²) in [6, 6.07) is 8.83. The molecule has 2 N–H and O–H groups in total. The van der Waals surface area contributed by atoms with Crippen molar-refractivity contribution in [1.82, 2.24) is 35.1 Å². The molecule has 10 heteroatoms. The number of nitrogens with zero attached hydrogens (tertiary/aromatic N) is 5. The van der Waals surface area contributed by atoms with Gasteiger partial charge in [0, 0.05) is 33.8 Å². The van der Waals surface area contributed by atoms with Crippen molar-refractivity contribution < 1.29 is 9.13 Å². The molecular formula is C22H14FN7OS. The van der Waals surface area contributed by atoms with Gasteiger partial charge >= 0.3 is 0 Å². The molecule has 6 heterocycles. The monoisotopic (exact) mass is 443 g/mol. The minimum Gasteiger partial charge on any atom is -0.495 e. The van der Waals surface area contributed by atoms with Crippen LogP contribution in [-0.4, -0.2) is 42.2 Å². The summed E-state index contributed by atoms with van der Waals surface area (Å²) < 4.78 is 18.9. The number of hydrogen-bond donors (Lipinski definition) is 2. The van der Waals surface area contributed by atoms with Crippen LogP contribution >= 0.6 is 11.3 Å². The minimum absolute atomic E-state index is 0.244. The van der Waals surface area contributed by atoms with E-state index in [0.717, 1.165) is 43.9 Å². The summed E-state index contributed by atoms with van der Waals surface area (Å²) in [5.74, 6) is 1.21. The Bertz CT molecular complexity index is 1600. The molecule has 6 rings (SSSR count). The van der Waals surface area contributed by atoms with Gasteiger partial charge < -0.3 is 9.72 Å². The average Bonchev–Trinajstić information content (AvgIpc) is 3.55. The number of nitrogens with one attached hydrogen (secondary N) is 2. The first kappa shape index (κ1) is 18.6. The molecule has 6 aromatic heterocycles. The molecule has 0 amide bonds. The summed E-state index contributed by atoms with van der Waals surface area (Å²) in [4.78, 5) is 21.9. The third-order valence-electron chi connectivity index (χ3n) is 5.14. The Morgan fingerprint density at radius 2 is 2.00 bits per heavy atom. The van der Waals surface area contributed by atoms with Gasteiger partial charge in [-0.25, -0.2) is 9.97 Å². The third kappa shape index (κ3) is 3.00. The molecule has 32 heavy (non-hydrogen) atoms. The van der Waals surface area contributed by atoms with E-state index in [1.165, 1.54) is 6.07 Å². The van der Waals surface area contributed by atoms with Crippen LogP contribution < -0.4 is 4.74 Å². The first-order valence-corrected chi connectivity index (χ1v) is 10.5. The van der Waals surface area contributed by atoms with E-state index in [-0.39, 0.29) is 5.13 Å². The summed E-state index contributed by atoms with van der Waals surface area (Å²) in [5, 5.41) is 8.06. The number of imidazole rings is 1. The molecule has 0 aliphatic carbocycles. The second kappa shape index (κ2) is 7.20. The number of pyridine rings is 3. The Morgan fingerprint density at radius 3 is 2.84 bits per heavy atom. The molecule has 8 nitrogen and oxygen atoms in total. The molecule has 0 saturated heterocycles. The van der Waals surface area contributed by atoms with Crippen LogP contribution in [0, 0.1) is 5.13 Å². The molecule has 0 fully saturated rings. The van der Waals surface area contributed by atoms with E-state index < -0.39 is 0 Å². The highest BCUT2D eigenvalue weighted by Gasteiger charge is 2.17. The highest BCUT2D eigenvalue weighted by Crippen LogP contribution is 2.34. The Labute approximate surface area is 184 Å². The van der Waals surface area contributed by atoms with Gasteiger partial charge in [-0.15, -0.1) is 11.3 Å². The van der Waals surface area contributed by atoms with Crippen LogP contribution in [0.25, 0.3) is 55.3 Å². The minimum atomic E-state index is -0.244. The van der Waals surface area contributed by atoms with Gasteiger partial charge in [-0.1, -0.05) is 0 Å². The van der Waals surface area contributed by atoms with Gasteiger partial charge in [0.15, 0.2) is 16.6 Å². The summed E-state index contributed by atoms with van der Waals surface area (Å²) in [5.41, 5.74) is 5.05. The summed E-state index contributed by atoms with van der Waals surface area (Å²) in [6.45, 7) is 0. The number of hydrogen-bond acceptors (Lipinski definition) is 7. The Kier molecular flexibility index (Phi) is 4.18. The predicted octanol–water partition coefficient (Wildman–Crippen LogP) is 4.83. The predicted molar refractivity (Wildman–Crippen MR) is 120 cm³/mol. The van der Waals surface area contributed by atoms with Crippen molar-refractivity contribution in [2.24, 2.45) is 0 Å². The molecule has 0 radical (unpaired) electrons. The normalized spacial score (nSPS) is 11.4. The second-order valence-electron chi connectivity index (χ2n) is 7.05. The van der Waals surface area contributed by atoms with Gasteiger partial charge in [-0.2, -0.15) is 9.49 Å². The zero-order valence-corrected chi connectivity index (χ0v) is 17.4. The summed E-state index contributed by atoms with van der Waals surface area (Å²) in [6.07, 6.45) is 6.77. The van der Waals surface area contributed by atoms with Crippen LogP contribution in [0.15, 0.2) is 55.1 Å². The van der Waals surface area contributed by atoms with Crippen LogP contribution in [0.2, 0.25) is 0 Å². The van der Waals surface area contributed by atoms with Gasteiger partial charge in [0.1, 0.15) is 17.0 Å². The van der Waals surface area contributed by atoms with Crippen molar-refractivity contribution in [3.05, 3.63) is 60.3 Å². The van der Waals surface area contributed by atoms with Crippen molar-refractivity contribution in [2.75, 3.05) is 7.11 Å². The van der Waals surface area contributed by atoms with Crippen molar-refractivity contribution >= 4 is 33.4 Å². The van der Waals surface area contributed by atoms with Crippen molar-refractivity contribution in [1.29, 1.82) is 0 Å². The van der Waals surface area contributed by atoms with Crippen molar-refractivity contribution in [3.63, 3.8) is 0 Å². The number of methoxy groups -OCH3 is 1. The largest absolute Gasteiger partial charge is 0.495 e. The molecule has 6 aromatic rings. The Morgan fingerprint density at radius 1 is 1.06 bits per heavy atom. The molecule has 0 aliphatic heterocycles. The van der Waals surface area contributed by atoms with Crippen LogP contribution in [0.1, 0.15) is 0 Å². The lowest BCUT2D eigenvalue weighted by Crippen LogP contribution is -1.89. The topological polar surface area (TPSA) is 105 Å². The van der Waals surface area contributed by atoms with Crippen molar-refractivity contribution in [2.45, 2.75) is 0 Å². The summed E-state index contributed by atoms with van der Waals surface area (Å²) >= 11 is 1.07. The van der Waals surface area contributed by atoms with Gasteiger partial charge in [0.05, 0.1) is 30.7 Å². The number of H-pyrrole nitrogens is 2. The molecule has 0 bridgehead atoms. The number of ether oxygens (including phenoxy) is 1. The van der Waals surface area contributed by atoms with E-state index in [2.05, 4.69) is 30.1 Å². The first-order chi connectivity index (χ1) is 15.7. The van der Waals surface area contributed by atoms with Crippen LogP contribution in [0.3, 0.4) is 0 Å². The maximum absolute atomic E-state index is 13.6. The highest BCUT2D eigenvalue weighted by atomic mass is 32.1. The van der Waals surface area contributed by atoms with E-state index in [9.17, 15) is 4.39 Å². The number of aromatic nitrogens is 7. The first-order valence-electron chi connectivity index (χ1n) is 9.64. The van der Waals surface area contributed by atoms with Crippen LogP contribution in [0.4, 0.5) is 4.39 Å². The van der Waals surface area contributed by atoms with Gasteiger partial charge in [0.25, 0.3) is 0 Å². The van der Waals surface area contributed by atoms with E-state index in [0.29, 0.717) is 28.4 Å². The highest BCUT2D eigenvalue weighted by molar-refractivity contribution is 7.14. The van der Waals surface area contributed by atoms with Crippen molar-refractivity contribution in [3.8, 4) is 39.0 Å². The van der Waals surface area contributed by atoms with E-state index >= 15 is 0 Å². The van der Waals surface area contributed by atoms with E-state index in [4.69, 9.17) is 9.72 Å². The number of halogens is 1. The van der Waals surface area contributed by atoms with Gasteiger partial charge in [0.2, 0.25) is 0 Å². The SMILES string of the molecule is COc1cncc(-c2cc3c(-c4nc5c(-c6ccc(F)s6)ccnc5[nH]4)n[nH]c3cn2)c1. The molecule has 156 valence electrons. The van der Waals surface area contributed by atoms with E-state index in [1.807, 2.05) is 18.2 Å². The smallest absolute Gasteiger partial charge is 0.176 e. The molecule has 0 aromatic carbocycles. The molecule has 0 spiro atoms. The zero-order valence-electron chi connectivity index (χ0n) is 16.6. The lowest BCUT2D eigenvalue weighted by molar-refractivity contribution is 0.413. The number of fused-ring (bicyclic) bond motifs is 2. The molecule has 0 aliphatic rings. The molecule has 0 unspecified atom stereocenters. The fraction of sp³-hybridized carbons (Fsp3) is 0.0455. The average molecular weight is 443 g/mol. The fourth-order valence-corrected chi connectivity index (χ4v) is 4.36.